The Morgan fingerprint density at radius 1 is 1.03 bits per heavy atom. The van der Waals surface area contributed by atoms with Crippen molar-refractivity contribution in [1.82, 2.24) is 14.5 Å². The minimum absolute atomic E-state index is 0.106. The molecule has 2 aromatic rings. The van der Waals surface area contributed by atoms with Crippen LogP contribution in [0.15, 0.2) is 53.4 Å². The molecule has 1 aliphatic rings. The molecule has 1 N–H and O–H groups in total. The van der Waals surface area contributed by atoms with Crippen LogP contribution in [0, 0.1) is 17.7 Å². The summed E-state index contributed by atoms with van der Waals surface area (Å²) in [4.78, 5) is 14.6. The molecule has 0 aliphatic heterocycles. The highest BCUT2D eigenvalue weighted by Gasteiger charge is 2.30. The molecule has 3 rings (SSSR count). The minimum atomic E-state index is -3.64. The van der Waals surface area contributed by atoms with Gasteiger partial charge in [0.25, 0.3) is 0 Å². The Balaban J connectivity index is 1.31. The van der Waals surface area contributed by atoms with Gasteiger partial charge in [-0.2, -0.15) is 4.31 Å². The van der Waals surface area contributed by atoms with Crippen molar-refractivity contribution in [2.75, 3.05) is 54.6 Å². The van der Waals surface area contributed by atoms with Crippen LogP contribution in [-0.2, 0) is 19.6 Å². The van der Waals surface area contributed by atoms with E-state index in [2.05, 4.69) is 24.3 Å². The summed E-state index contributed by atoms with van der Waals surface area (Å²) in [6.45, 7) is 0.741. The molecular weight excluding hydrogens is 521 g/mol. The van der Waals surface area contributed by atoms with Crippen molar-refractivity contribution in [2.45, 2.75) is 43.0 Å². The molecule has 216 valence electrons. The number of amides is 1. The maximum Gasteiger partial charge on any atom is 0.245 e. The fourth-order valence-electron chi connectivity index (χ4n) is 5.32. The zero-order valence-corrected chi connectivity index (χ0v) is 24.3. The van der Waals surface area contributed by atoms with Gasteiger partial charge >= 0.3 is 0 Å². The molecule has 2 aromatic carbocycles. The third-order valence-corrected chi connectivity index (χ3v) is 9.40. The molecule has 0 radical (unpaired) electrons. The zero-order chi connectivity index (χ0) is 28.4. The standard InChI is InChI=1S/C29H42FN3O5S/c1-32(2)29(24-9-11-25(30)12-10-24)23-7-5-22(6-8-23)17-18-31-28(34)21-38-20-19-33(3)39(35,36)27-15-13-26(37-4)14-16-27/h9-16,22-23,29H,5-8,17-21H2,1-4H3,(H,31,34). The summed E-state index contributed by atoms with van der Waals surface area (Å²) < 4.78 is 50.4. The molecule has 1 aliphatic carbocycles. The lowest BCUT2D eigenvalue weighted by Crippen LogP contribution is -2.34. The Kier molecular flexibility index (Phi) is 11.7. The van der Waals surface area contributed by atoms with Gasteiger partial charge in [-0.15, -0.1) is 0 Å². The number of ether oxygens (including phenoxy) is 2. The van der Waals surface area contributed by atoms with Crippen molar-refractivity contribution in [3.05, 3.63) is 59.9 Å². The van der Waals surface area contributed by atoms with Crippen molar-refractivity contribution >= 4 is 15.9 Å². The van der Waals surface area contributed by atoms with Gasteiger partial charge in [-0.3, -0.25) is 4.79 Å². The van der Waals surface area contributed by atoms with E-state index in [1.165, 1.54) is 42.7 Å². The highest BCUT2D eigenvalue weighted by Crippen LogP contribution is 2.40. The second-order valence-electron chi connectivity index (χ2n) is 10.4. The molecule has 0 spiro atoms. The third-order valence-electron chi connectivity index (χ3n) is 7.53. The molecule has 10 heteroatoms. The Morgan fingerprint density at radius 3 is 2.26 bits per heavy atom. The minimum Gasteiger partial charge on any atom is -0.497 e. The molecule has 0 heterocycles. The predicted octanol–water partition coefficient (Wildman–Crippen LogP) is 4.09. The molecule has 1 atom stereocenters. The number of rotatable bonds is 14. The average molecular weight is 564 g/mol. The zero-order valence-electron chi connectivity index (χ0n) is 23.4. The molecule has 0 bridgehead atoms. The first-order valence-corrected chi connectivity index (χ1v) is 14.9. The highest BCUT2D eigenvalue weighted by atomic mass is 32.2. The van der Waals surface area contributed by atoms with Gasteiger partial charge in [0.1, 0.15) is 18.2 Å². The summed E-state index contributed by atoms with van der Waals surface area (Å²) in [6, 6.07) is 13.3. The van der Waals surface area contributed by atoms with Crippen molar-refractivity contribution in [1.29, 1.82) is 0 Å². The largest absolute Gasteiger partial charge is 0.497 e. The van der Waals surface area contributed by atoms with E-state index in [1.807, 2.05) is 12.1 Å². The lowest BCUT2D eigenvalue weighted by molar-refractivity contribution is -0.125. The van der Waals surface area contributed by atoms with E-state index < -0.39 is 10.0 Å². The normalized spacial score (nSPS) is 18.7. The fourth-order valence-corrected chi connectivity index (χ4v) is 6.47. The lowest BCUT2D eigenvalue weighted by Gasteiger charge is -2.37. The Morgan fingerprint density at radius 2 is 1.67 bits per heavy atom. The number of carbonyl (C=O) groups is 1. The number of sulfonamides is 1. The van der Waals surface area contributed by atoms with E-state index in [-0.39, 0.29) is 42.4 Å². The fraction of sp³-hybridized carbons (Fsp3) is 0.552. The van der Waals surface area contributed by atoms with Crippen molar-refractivity contribution < 1.29 is 27.1 Å². The van der Waals surface area contributed by atoms with Crippen LogP contribution in [0.1, 0.15) is 43.7 Å². The topological polar surface area (TPSA) is 88.2 Å². The number of hydrogen-bond acceptors (Lipinski definition) is 6. The second kappa shape index (κ2) is 14.7. The number of hydrogen-bond donors (Lipinski definition) is 1. The van der Waals surface area contributed by atoms with Crippen LogP contribution in [0.25, 0.3) is 0 Å². The summed E-state index contributed by atoms with van der Waals surface area (Å²) in [5.74, 6) is 1.26. The summed E-state index contributed by atoms with van der Waals surface area (Å²) in [6.07, 6.45) is 5.35. The Labute approximate surface area is 232 Å². The molecule has 0 aromatic heterocycles. The molecule has 8 nitrogen and oxygen atoms in total. The lowest BCUT2D eigenvalue weighted by atomic mass is 9.75. The smallest absolute Gasteiger partial charge is 0.245 e. The van der Waals surface area contributed by atoms with Gasteiger partial charge in [0.15, 0.2) is 0 Å². The quantitative estimate of drug-likeness (QED) is 0.349. The SMILES string of the molecule is COc1ccc(S(=O)(=O)N(C)CCOCC(=O)NCCC2CCC(C(c3ccc(F)cc3)N(C)C)CC2)cc1. The predicted molar refractivity (Wildman–Crippen MR) is 150 cm³/mol. The summed E-state index contributed by atoms with van der Waals surface area (Å²) in [5, 5.41) is 2.92. The molecular formula is C29H42FN3O5S. The maximum absolute atomic E-state index is 13.4. The van der Waals surface area contributed by atoms with Crippen LogP contribution in [0.2, 0.25) is 0 Å². The summed E-state index contributed by atoms with van der Waals surface area (Å²) >= 11 is 0. The molecule has 1 unspecified atom stereocenters. The van der Waals surface area contributed by atoms with Gasteiger partial charge in [-0.25, -0.2) is 12.8 Å². The molecule has 1 saturated carbocycles. The molecule has 0 saturated heterocycles. The van der Waals surface area contributed by atoms with Crippen LogP contribution in [0.4, 0.5) is 4.39 Å². The van der Waals surface area contributed by atoms with Gasteiger partial charge in [-0.1, -0.05) is 25.0 Å². The van der Waals surface area contributed by atoms with E-state index in [4.69, 9.17) is 9.47 Å². The summed E-state index contributed by atoms with van der Waals surface area (Å²) in [7, 11) is 3.52. The Hall–Kier alpha value is -2.53. The molecule has 39 heavy (non-hydrogen) atoms. The number of benzene rings is 2. The van der Waals surface area contributed by atoms with Crippen molar-refractivity contribution in [2.24, 2.45) is 11.8 Å². The maximum atomic E-state index is 13.4. The van der Waals surface area contributed by atoms with E-state index in [0.717, 1.165) is 37.7 Å². The molecule has 1 amide bonds. The van der Waals surface area contributed by atoms with Crippen LogP contribution >= 0.6 is 0 Å². The van der Waals surface area contributed by atoms with Crippen LogP contribution < -0.4 is 10.1 Å². The van der Waals surface area contributed by atoms with Crippen LogP contribution in [-0.4, -0.2) is 78.1 Å². The van der Waals surface area contributed by atoms with Gasteiger partial charge in [0.05, 0.1) is 18.6 Å². The monoisotopic (exact) mass is 563 g/mol. The van der Waals surface area contributed by atoms with E-state index in [1.54, 1.807) is 12.1 Å². The van der Waals surface area contributed by atoms with E-state index in [9.17, 15) is 17.6 Å². The number of halogens is 1. The van der Waals surface area contributed by atoms with Gasteiger partial charge in [-0.05, 0) is 87.2 Å². The first kappa shape index (κ1) is 31.0. The molecule has 1 fully saturated rings. The number of nitrogens with one attached hydrogen (secondary N) is 1. The van der Waals surface area contributed by atoms with Gasteiger partial charge in [0.2, 0.25) is 15.9 Å². The number of carbonyl (C=O) groups excluding carboxylic acids is 1. The third kappa shape index (κ3) is 8.99. The first-order valence-electron chi connectivity index (χ1n) is 13.5. The first-order chi connectivity index (χ1) is 18.6. The Bertz CT molecular complexity index is 1130. The van der Waals surface area contributed by atoms with Crippen molar-refractivity contribution in [3.8, 4) is 5.75 Å². The van der Waals surface area contributed by atoms with Crippen LogP contribution in [0.5, 0.6) is 5.75 Å². The van der Waals surface area contributed by atoms with Gasteiger partial charge < -0.3 is 19.7 Å². The number of nitrogens with zero attached hydrogens (tertiary/aromatic N) is 2. The number of methoxy groups -OCH3 is 1. The average Bonchev–Trinajstić information content (AvgIpc) is 2.93. The van der Waals surface area contributed by atoms with E-state index in [0.29, 0.717) is 24.1 Å². The van der Waals surface area contributed by atoms with Crippen LogP contribution in [0.3, 0.4) is 0 Å². The second-order valence-corrected chi connectivity index (χ2v) is 12.5. The highest BCUT2D eigenvalue weighted by molar-refractivity contribution is 7.89. The van der Waals surface area contributed by atoms with Gasteiger partial charge in [0, 0.05) is 26.2 Å². The summed E-state index contributed by atoms with van der Waals surface area (Å²) in [5.41, 5.74) is 1.15. The van der Waals surface area contributed by atoms with E-state index >= 15 is 0 Å². The number of likely N-dealkylation sites (N-methyl/N-ethyl adjacent to an activating group) is 1. The van der Waals surface area contributed by atoms with Crippen molar-refractivity contribution in [3.63, 3.8) is 0 Å².